The fourth-order valence-corrected chi connectivity index (χ4v) is 10.1. The molecule has 0 spiro atoms. The number of rotatable bonds is 9. The summed E-state index contributed by atoms with van der Waals surface area (Å²) in [5, 5.41) is 0. The van der Waals surface area contributed by atoms with Crippen molar-refractivity contribution in [1.29, 1.82) is 0 Å². The van der Waals surface area contributed by atoms with Gasteiger partial charge in [-0.05, 0) is 0 Å². The van der Waals surface area contributed by atoms with E-state index < -0.39 is 16.0 Å². The maximum atomic E-state index is 12.5. The number of sulfonamides is 1. The average Bonchev–Trinajstić information content (AvgIpc) is 2.88. The van der Waals surface area contributed by atoms with Gasteiger partial charge in [0.25, 0.3) is 0 Å². The summed E-state index contributed by atoms with van der Waals surface area (Å²) in [5.41, 5.74) is -0.412. The first-order valence-electron chi connectivity index (χ1n) is 8.99. The summed E-state index contributed by atoms with van der Waals surface area (Å²) in [7, 11) is -2.06. The second-order valence-corrected chi connectivity index (χ2v) is 12.2. The van der Waals surface area contributed by atoms with Gasteiger partial charge in [-0.25, -0.2) is 0 Å². The van der Waals surface area contributed by atoms with Crippen LogP contribution < -0.4 is 4.72 Å². The zero-order valence-corrected chi connectivity index (χ0v) is 18.4. The first kappa shape index (κ1) is 21.6. The van der Waals surface area contributed by atoms with Crippen LogP contribution in [0.4, 0.5) is 0 Å². The number of hydrogen-bond donors (Lipinski definition) is 1. The van der Waals surface area contributed by atoms with Crippen LogP contribution in [0.2, 0.25) is 4.82 Å². The minimum atomic E-state index is -3.36. The number of carbonyl (C=O) groups excluding carboxylic acids is 2. The molecule has 0 aromatic carbocycles. The van der Waals surface area contributed by atoms with Gasteiger partial charge in [-0.15, -0.1) is 0 Å². The molecule has 0 saturated heterocycles. The van der Waals surface area contributed by atoms with Gasteiger partial charge in [0.15, 0.2) is 0 Å². The summed E-state index contributed by atoms with van der Waals surface area (Å²) < 4.78 is 32.3. The fourth-order valence-electron chi connectivity index (χ4n) is 4.64. The Balaban J connectivity index is 2.14. The quantitative estimate of drug-likeness (QED) is 0.329. The van der Waals surface area contributed by atoms with Crippen LogP contribution in [-0.2, 0) is 24.3 Å². The molecule has 0 amide bonds. The molecule has 0 aromatic rings. The van der Waals surface area contributed by atoms with Crippen LogP contribution in [0.5, 0.6) is 0 Å². The Hall–Kier alpha value is -0.691. The van der Waals surface area contributed by atoms with Gasteiger partial charge in [0, 0.05) is 0 Å². The normalized spacial score (nSPS) is 30.0. The monoisotopic (exact) mass is 451 g/mol. The zero-order chi connectivity index (χ0) is 19.6. The van der Waals surface area contributed by atoms with Crippen molar-refractivity contribution >= 4 is 35.6 Å². The van der Waals surface area contributed by atoms with Crippen LogP contribution in [0.3, 0.4) is 0 Å². The SMILES string of the molecule is CCNS(=O)(=O)C[C@]12CC[C@H](C[C@H]1[Se]C(=O)C/C=C/C(=O)OC)C2(C)C. The molecular formula is C18H29NO5SSe. The molecule has 1 N–H and O–H groups in total. The number of ether oxygens (including phenoxy) is 1. The third-order valence-electron chi connectivity index (χ3n) is 6.18. The standard InChI is InChI=1S/C18H29NO5SSe/c1-5-19-25(22,23)12-18-10-9-13(17(18,2)3)11-14(18)26-16(21)8-6-7-15(20)24-4/h6-7,13-14,19H,5,8-12H2,1-4H3/b7-6+/t13-,14-,18-/m1/s1. The number of allylic oxidation sites excluding steroid dienone is 1. The van der Waals surface area contributed by atoms with Gasteiger partial charge in [0.05, 0.1) is 0 Å². The van der Waals surface area contributed by atoms with Gasteiger partial charge >= 0.3 is 163 Å². The van der Waals surface area contributed by atoms with Gasteiger partial charge in [-0.1, -0.05) is 0 Å². The topological polar surface area (TPSA) is 89.5 Å². The van der Waals surface area contributed by atoms with Gasteiger partial charge < -0.3 is 0 Å². The van der Waals surface area contributed by atoms with Crippen LogP contribution in [0.25, 0.3) is 0 Å². The Morgan fingerprint density at radius 2 is 2.04 bits per heavy atom. The Morgan fingerprint density at radius 1 is 1.35 bits per heavy atom. The summed E-state index contributed by atoms with van der Waals surface area (Å²) in [6.07, 6.45) is 5.85. The molecule has 8 heteroatoms. The molecule has 2 bridgehead atoms. The molecule has 2 fully saturated rings. The number of fused-ring (bicyclic) bond motifs is 2. The summed E-state index contributed by atoms with van der Waals surface area (Å²) in [5.74, 6) is 0.110. The van der Waals surface area contributed by atoms with Crippen molar-refractivity contribution in [3.05, 3.63) is 12.2 Å². The molecule has 3 atom stereocenters. The van der Waals surface area contributed by atoms with Gasteiger partial charge in [-0.3, -0.25) is 0 Å². The van der Waals surface area contributed by atoms with E-state index in [1.165, 1.54) is 19.3 Å². The molecular weight excluding hydrogens is 421 g/mol. The molecule has 2 aliphatic rings. The average molecular weight is 450 g/mol. The number of nitrogens with one attached hydrogen (secondary N) is 1. The molecule has 0 aromatic heterocycles. The molecule has 0 heterocycles. The van der Waals surface area contributed by atoms with Crippen molar-refractivity contribution < 1.29 is 22.7 Å². The molecule has 26 heavy (non-hydrogen) atoms. The summed E-state index contributed by atoms with van der Waals surface area (Å²) in [6.45, 7) is 6.51. The van der Waals surface area contributed by atoms with Crippen LogP contribution in [0.15, 0.2) is 12.2 Å². The first-order chi connectivity index (χ1) is 12.1. The number of esters is 1. The van der Waals surface area contributed by atoms with Crippen LogP contribution >= 0.6 is 0 Å². The van der Waals surface area contributed by atoms with Crippen molar-refractivity contribution in [2.45, 2.75) is 51.3 Å². The summed E-state index contributed by atoms with van der Waals surface area (Å²) >= 11 is -0.297. The van der Waals surface area contributed by atoms with Crippen molar-refractivity contribution in [2.75, 3.05) is 19.4 Å². The molecule has 2 aliphatic carbocycles. The Labute approximate surface area is 162 Å². The van der Waals surface area contributed by atoms with E-state index in [4.69, 9.17) is 0 Å². The van der Waals surface area contributed by atoms with Gasteiger partial charge in [0.1, 0.15) is 0 Å². The number of hydrogen-bond acceptors (Lipinski definition) is 5. The first-order valence-corrected chi connectivity index (χ1v) is 12.5. The van der Waals surface area contributed by atoms with Gasteiger partial charge in [0.2, 0.25) is 0 Å². The van der Waals surface area contributed by atoms with Crippen LogP contribution in [0, 0.1) is 16.7 Å². The third-order valence-corrected chi connectivity index (χ3v) is 10.7. The predicted molar refractivity (Wildman–Crippen MR) is 101 cm³/mol. The van der Waals surface area contributed by atoms with E-state index >= 15 is 0 Å². The van der Waals surface area contributed by atoms with Crippen LogP contribution in [-0.4, -0.2) is 53.4 Å². The molecule has 2 rings (SSSR count). The maximum absolute atomic E-state index is 12.5. The van der Waals surface area contributed by atoms with Gasteiger partial charge in [-0.2, -0.15) is 0 Å². The second-order valence-electron chi connectivity index (χ2n) is 7.71. The Bertz CT molecular complexity index is 688. The van der Waals surface area contributed by atoms with E-state index in [9.17, 15) is 18.0 Å². The predicted octanol–water partition coefficient (Wildman–Crippen LogP) is 1.89. The molecule has 2 saturated carbocycles. The summed E-state index contributed by atoms with van der Waals surface area (Å²) in [4.78, 5) is 23.7. The number of carbonyl (C=O) groups is 2. The molecule has 148 valence electrons. The Kier molecular flexibility index (Phi) is 6.76. The van der Waals surface area contributed by atoms with E-state index in [0.29, 0.717) is 12.5 Å². The van der Waals surface area contributed by atoms with E-state index in [0.717, 1.165) is 19.3 Å². The molecule has 0 radical (unpaired) electrons. The molecule has 0 aliphatic heterocycles. The molecule has 0 unspecified atom stereocenters. The second kappa shape index (κ2) is 8.13. The fraction of sp³-hybridized carbons (Fsp3) is 0.778. The van der Waals surface area contributed by atoms with Crippen molar-refractivity contribution in [3.8, 4) is 0 Å². The molecule has 6 nitrogen and oxygen atoms in total. The van der Waals surface area contributed by atoms with E-state index in [-0.39, 0.29) is 47.5 Å². The van der Waals surface area contributed by atoms with E-state index in [2.05, 4.69) is 23.3 Å². The van der Waals surface area contributed by atoms with E-state index in [1.807, 2.05) is 0 Å². The van der Waals surface area contributed by atoms with E-state index in [1.54, 1.807) is 6.92 Å². The van der Waals surface area contributed by atoms with Crippen molar-refractivity contribution in [1.82, 2.24) is 4.72 Å². The minimum absolute atomic E-state index is 0.0793. The zero-order valence-electron chi connectivity index (χ0n) is 15.9. The number of methoxy groups -OCH3 is 1. The third kappa shape index (κ3) is 4.24. The van der Waals surface area contributed by atoms with Crippen molar-refractivity contribution in [2.24, 2.45) is 16.7 Å². The Morgan fingerprint density at radius 3 is 2.62 bits per heavy atom. The summed E-state index contributed by atoms with van der Waals surface area (Å²) in [6, 6.07) is 0. The van der Waals surface area contributed by atoms with Crippen LogP contribution in [0.1, 0.15) is 46.5 Å². The van der Waals surface area contributed by atoms with Crippen molar-refractivity contribution in [3.63, 3.8) is 0 Å².